The van der Waals surface area contributed by atoms with E-state index >= 15 is 0 Å². The molecular weight excluding hydrogens is 290 g/mol. The number of rotatable bonds is 3. The molecule has 0 spiro atoms. The lowest BCUT2D eigenvalue weighted by molar-refractivity contribution is 0.145. The van der Waals surface area contributed by atoms with Crippen molar-refractivity contribution in [1.29, 1.82) is 0 Å². The van der Waals surface area contributed by atoms with Gasteiger partial charge in [-0.3, -0.25) is 4.99 Å². The lowest BCUT2D eigenvalue weighted by Gasteiger charge is -2.14. The van der Waals surface area contributed by atoms with Crippen molar-refractivity contribution in [3.05, 3.63) is 53.6 Å². The summed E-state index contributed by atoms with van der Waals surface area (Å²) in [4.78, 5) is 15.6. The smallest absolute Gasteiger partial charge is 0.406 e. The quantitative estimate of drug-likeness (QED) is 0.916. The van der Waals surface area contributed by atoms with E-state index in [9.17, 15) is 4.79 Å². The number of fused-ring (bicyclic) bond motifs is 3. The van der Waals surface area contributed by atoms with E-state index in [1.807, 2.05) is 12.1 Å². The van der Waals surface area contributed by atoms with Crippen LogP contribution in [0.2, 0.25) is 0 Å². The fraction of sp³-hybridized carbons (Fsp3) is 0.222. The Bertz CT molecular complexity index is 814. The molecule has 1 unspecified atom stereocenters. The van der Waals surface area contributed by atoms with E-state index < -0.39 is 6.09 Å². The average Bonchev–Trinajstić information content (AvgIpc) is 3.34. The fourth-order valence-electron chi connectivity index (χ4n) is 3.08. The Labute approximate surface area is 134 Å². The first-order valence-electron chi connectivity index (χ1n) is 7.64. The third kappa shape index (κ3) is 2.54. The van der Waals surface area contributed by atoms with E-state index in [0.29, 0.717) is 6.61 Å². The number of aliphatic imine (C=N–C) groups is 1. The second-order valence-corrected chi connectivity index (χ2v) is 5.68. The normalized spacial score (nSPS) is 16.9. The second-order valence-electron chi connectivity index (χ2n) is 5.68. The maximum atomic E-state index is 11.5. The summed E-state index contributed by atoms with van der Waals surface area (Å²) in [7, 11) is 1.57. The van der Waals surface area contributed by atoms with Crippen LogP contribution in [0.3, 0.4) is 0 Å². The number of nitrogens with zero attached hydrogens (tertiary/aromatic N) is 1. The molecule has 0 saturated carbocycles. The van der Waals surface area contributed by atoms with Gasteiger partial charge in [0.05, 0.1) is 6.54 Å². The number of anilines is 1. The minimum absolute atomic E-state index is 0.0568. The van der Waals surface area contributed by atoms with Crippen molar-refractivity contribution in [2.24, 2.45) is 4.99 Å². The first kappa shape index (κ1) is 13.8. The number of carbonyl (C=O) groups is 1. The topological polar surface area (TPSA) is 62.7 Å². The summed E-state index contributed by atoms with van der Waals surface area (Å²) in [5.41, 5.74) is 5.82. The van der Waals surface area contributed by atoms with Crippen LogP contribution in [-0.4, -0.2) is 32.1 Å². The molecule has 0 fully saturated rings. The highest BCUT2D eigenvalue weighted by Gasteiger charge is 2.29. The highest BCUT2D eigenvalue weighted by Crippen LogP contribution is 2.45. The number of nitrogens with one attached hydrogen (secondary N) is 2. The molecule has 0 bridgehead atoms. The molecule has 0 aromatic heterocycles. The van der Waals surface area contributed by atoms with Gasteiger partial charge in [0, 0.05) is 18.7 Å². The van der Waals surface area contributed by atoms with Gasteiger partial charge < -0.3 is 15.4 Å². The van der Waals surface area contributed by atoms with Crippen molar-refractivity contribution < 1.29 is 9.53 Å². The Balaban J connectivity index is 1.70. The summed E-state index contributed by atoms with van der Waals surface area (Å²) in [6, 6.07) is 14.6. The molecule has 116 valence electrons. The van der Waals surface area contributed by atoms with E-state index in [4.69, 9.17) is 4.74 Å². The largest absolute Gasteiger partial charge is 0.449 e. The van der Waals surface area contributed by atoms with Gasteiger partial charge in [0.25, 0.3) is 0 Å². The third-order valence-electron chi connectivity index (χ3n) is 4.24. The minimum atomic E-state index is -0.405. The molecule has 1 atom stereocenters. The average molecular weight is 307 g/mol. The van der Waals surface area contributed by atoms with Crippen molar-refractivity contribution in [2.45, 2.75) is 5.92 Å². The molecular formula is C18H17N3O2. The van der Waals surface area contributed by atoms with Crippen molar-refractivity contribution in [1.82, 2.24) is 5.32 Å². The summed E-state index contributed by atoms with van der Waals surface area (Å²) >= 11 is 0. The molecule has 0 saturated heterocycles. The molecule has 2 aromatic carbocycles. The van der Waals surface area contributed by atoms with E-state index in [1.165, 1.54) is 22.3 Å². The Hall–Kier alpha value is -2.82. The zero-order chi connectivity index (χ0) is 15.8. The number of carbonyl (C=O) groups excluding carboxylic acids is 1. The van der Waals surface area contributed by atoms with Crippen LogP contribution in [0.25, 0.3) is 11.1 Å². The first-order chi connectivity index (χ1) is 11.3. The van der Waals surface area contributed by atoms with Gasteiger partial charge in [-0.2, -0.15) is 0 Å². The van der Waals surface area contributed by atoms with E-state index in [-0.39, 0.29) is 5.92 Å². The zero-order valence-corrected chi connectivity index (χ0v) is 12.8. The van der Waals surface area contributed by atoms with Gasteiger partial charge in [-0.05, 0) is 34.4 Å². The zero-order valence-electron chi connectivity index (χ0n) is 12.8. The Morgan fingerprint density at radius 1 is 1.22 bits per heavy atom. The van der Waals surface area contributed by atoms with E-state index in [2.05, 4.69) is 46.0 Å². The van der Waals surface area contributed by atoms with Crippen LogP contribution in [0.1, 0.15) is 17.0 Å². The van der Waals surface area contributed by atoms with Gasteiger partial charge in [0.15, 0.2) is 0 Å². The van der Waals surface area contributed by atoms with E-state index in [0.717, 1.165) is 18.1 Å². The number of amidine groups is 1. The molecule has 2 aromatic rings. The predicted octanol–water partition coefficient (Wildman–Crippen LogP) is 2.98. The number of alkyl carbamates (subject to hydrolysis) is 1. The van der Waals surface area contributed by atoms with Crippen molar-refractivity contribution >= 4 is 17.6 Å². The van der Waals surface area contributed by atoms with Crippen LogP contribution >= 0.6 is 0 Å². The number of benzene rings is 2. The SMILES string of the molecule is CNC(=O)OCC1c2ccccc2-c2ccc(NC3=NC3)cc21. The minimum Gasteiger partial charge on any atom is -0.449 e. The summed E-state index contributed by atoms with van der Waals surface area (Å²) in [5, 5.41) is 5.79. The summed E-state index contributed by atoms with van der Waals surface area (Å²) in [6.45, 7) is 1.12. The number of ether oxygens (including phenoxy) is 1. The van der Waals surface area contributed by atoms with Gasteiger partial charge in [0.2, 0.25) is 0 Å². The van der Waals surface area contributed by atoms with Crippen LogP contribution < -0.4 is 10.6 Å². The molecule has 0 radical (unpaired) electrons. The molecule has 5 nitrogen and oxygen atoms in total. The Morgan fingerprint density at radius 2 is 2.00 bits per heavy atom. The molecule has 5 heteroatoms. The molecule has 1 aliphatic heterocycles. The number of amides is 1. The molecule has 23 heavy (non-hydrogen) atoms. The molecule has 1 amide bonds. The fourth-order valence-corrected chi connectivity index (χ4v) is 3.08. The van der Waals surface area contributed by atoms with Crippen molar-refractivity contribution in [3.63, 3.8) is 0 Å². The lowest BCUT2D eigenvalue weighted by Crippen LogP contribution is -2.22. The monoisotopic (exact) mass is 307 g/mol. The standard InChI is InChI=1S/C18H17N3O2/c1-19-18(22)23-10-16-13-5-3-2-4-12(13)14-7-6-11(8-15(14)16)21-17-9-20-17/h2-8,16H,9-10H2,1H3,(H,19,22)(H,20,21). The van der Waals surface area contributed by atoms with Crippen LogP contribution in [-0.2, 0) is 4.74 Å². The molecule has 2 aliphatic rings. The van der Waals surface area contributed by atoms with Crippen molar-refractivity contribution in [3.8, 4) is 11.1 Å². The maximum absolute atomic E-state index is 11.5. The first-order valence-corrected chi connectivity index (χ1v) is 7.64. The van der Waals surface area contributed by atoms with Crippen LogP contribution in [0.5, 0.6) is 0 Å². The van der Waals surface area contributed by atoms with Crippen LogP contribution in [0.15, 0.2) is 47.5 Å². The predicted molar refractivity (Wildman–Crippen MR) is 90.1 cm³/mol. The van der Waals surface area contributed by atoms with Gasteiger partial charge in [-0.15, -0.1) is 0 Å². The summed E-state index contributed by atoms with van der Waals surface area (Å²) in [6.07, 6.45) is -0.405. The van der Waals surface area contributed by atoms with Crippen LogP contribution in [0.4, 0.5) is 10.5 Å². The van der Waals surface area contributed by atoms with Crippen molar-refractivity contribution in [2.75, 3.05) is 25.5 Å². The Morgan fingerprint density at radius 3 is 2.78 bits per heavy atom. The van der Waals surface area contributed by atoms with Gasteiger partial charge >= 0.3 is 6.09 Å². The number of hydrogen-bond acceptors (Lipinski definition) is 4. The Kier molecular flexibility index (Phi) is 3.26. The summed E-state index contributed by atoms with van der Waals surface area (Å²) < 4.78 is 5.33. The third-order valence-corrected chi connectivity index (χ3v) is 4.24. The molecule has 1 aliphatic carbocycles. The molecule has 2 N–H and O–H groups in total. The lowest BCUT2D eigenvalue weighted by atomic mass is 9.97. The van der Waals surface area contributed by atoms with E-state index in [1.54, 1.807) is 7.05 Å². The maximum Gasteiger partial charge on any atom is 0.406 e. The summed E-state index contributed by atoms with van der Waals surface area (Å²) in [5.74, 6) is 1.07. The second kappa shape index (κ2) is 5.43. The van der Waals surface area contributed by atoms with Gasteiger partial charge in [-0.1, -0.05) is 30.3 Å². The highest BCUT2D eigenvalue weighted by atomic mass is 16.5. The van der Waals surface area contributed by atoms with Gasteiger partial charge in [-0.25, -0.2) is 4.79 Å². The number of hydrogen-bond donors (Lipinski definition) is 2. The molecule has 4 rings (SSSR count). The molecule has 1 heterocycles. The van der Waals surface area contributed by atoms with Gasteiger partial charge in [0.1, 0.15) is 12.4 Å². The van der Waals surface area contributed by atoms with Crippen LogP contribution in [0, 0.1) is 0 Å². The highest BCUT2D eigenvalue weighted by molar-refractivity contribution is 6.05.